The number of aromatic nitrogens is 2. The van der Waals surface area contributed by atoms with E-state index in [1.165, 1.54) is 19.3 Å². The van der Waals surface area contributed by atoms with Crippen LogP contribution in [0.1, 0.15) is 75.5 Å². The quantitative estimate of drug-likeness (QED) is 0.876. The summed E-state index contributed by atoms with van der Waals surface area (Å²) in [6.45, 7) is 8.31. The molecule has 0 bridgehead atoms. The predicted octanol–water partition coefficient (Wildman–Crippen LogP) is 3.01. The molecule has 0 aliphatic heterocycles. The molecule has 2 rings (SSSR count). The van der Waals surface area contributed by atoms with Gasteiger partial charge in [-0.15, -0.1) is 0 Å². The highest BCUT2D eigenvalue weighted by molar-refractivity contribution is 5.92. The zero-order chi connectivity index (χ0) is 17.0. The summed E-state index contributed by atoms with van der Waals surface area (Å²) >= 11 is 0. The van der Waals surface area contributed by atoms with Crippen LogP contribution in [0, 0.1) is 12.8 Å². The van der Waals surface area contributed by atoms with Crippen molar-refractivity contribution < 1.29 is 9.90 Å². The number of rotatable bonds is 5. The molecule has 1 heterocycles. The largest absolute Gasteiger partial charge is 0.396 e. The molecular weight excluding hydrogens is 290 g/mol. The Kier molecular flexibility index (Phi) is 5.84. The number of carbonyl (C=O) groups excluding carboxylic acids is 1. The molecule has 2 N–H and O–H groups in total. The minimum Gasteiger partial charge on any atom is -0.396 e. The highest BCUT2D eigenvalue weighted by Crippen LogP contribution is 2.28. The molecule has 0 spiro atoms. The van der Waals surface area contributed by atoms with Crippen molar-refractivity contribution in [2.75, 3.05) is 6.61 Å². The van der Waals surface area contributed by atoms with Gasteiger partial charge in [-0.3, -0.25) is 9.48 Å². The number of amides is 1. The second-order valence-corrected chi connectivity index (χ2v) is 7.74. The van der Waals surface area contributed by atoms with Crippen molar-refractivity contribution >= 4 is 5.91 Å². The summed E-state index contributed by atoms with van der Waals surface area (Å²) in [7, 11) is 0. The van der Waals surface area contributed by atoms with Gasteiger partial charge in [-0.25, -0.2) is 0 Å². The Morgan fingerprint density at radius 3 is 2.57 bits per heavy atom. The van der Waals surface area contributed by atoms with Gasteiger partial charge in [0, 0.05) is 18.3 Å². The molecule has 5 nitrogen and oxygen atoms in total. The standard InChI is InChI=1S/C18H31N3O2/c1-13-12-16(20-21(13)18(2,3)4)17(23)19-15(10-11-22)14-8-6-5-7-9-14/h12,14-15,22H,5-11H2,1-4H3,(H,19,23). The molecule has 1 aromatic rings. The van der Waals surface area contributed by atoms with Crippen LogP contribution in [0.2, 0.25) is 0 Å². The third kappa shape index (κ3) is 4.56. The molecule has 1 aromatic heterocycles. The number of aryl methyl sites for hydroxylation is 1. The normalized spacial score (nSPS) is 18.0. The first-order valence-electron chi connectivity index (χ1n) is 8.82. The maximum absolute atomic E-state index is 12.6. The lowest BCUT2D eigenvalue weighted by atomic mass is 9.82. The SMILES string of the molecule is Cc1cc(C(=O)NC(CCO)C2CCCCC2)nn1C(C)(C)C. The fourth-order valence-corrected chi connectivity index (χ4v) is 3.61. The summed E-state index contributed by atoms with van der Waals surface area (Å²) in [5.74, 6) is 0.353. The van der Waals surface area contributed by atoms with Gasteiger partial charge in [-0.2, -0.15) is 5.10 Å². The molecule has 130 valence electrons. The Morgan fingerprint density at radius 2 is 2.04 bits per heavy atom. The molecule has 0 saturated heterocycles. The second-order valence-electron chi connectivity index (χ2n) is 7.74. The molecular formula is C18H31N3O2. The number of carbonyl (C=O) groups is 1. The molecule has 1 amide bonds. The highest BCUT2D eigenvalue weighted by Gasteiger charge is 2.27. The average molecular weight is 321 g/mol. The average Bonchev–Trinajstić information content (AvgIpc) is 2.90. The lowest BCUT2D eigenvalue weighted by molar-refractivity contribution is 0.0893. The number of aliphatic hydroxyl groups is 1. The van der Waals surface area contributed by atoms with E-state index in [4.69, 9.17) is 0 Å². The van der Waals surface area contributed by atoms with Gasteiger partial charge >= 0.3 is 0 Å². The summed E-state index contributed by atoms with van der Waals surface area (Å²) in [6, 6.07) is 1.89. The van der Waals surface area contributed by atoms with E-state index in [0.29, 0.717) is 18.0 Å². The maximum Gasteiger partial charge on any atom is 0.272 e. The summed E-state index contributed by atoms with van der Waals surface area (Å²) in [6.07, 6.45) is 6.63. The summed E-state index contributed by atoms with van der Waals surface area (Å²) in [5.41, 5.74) is 1.31. The monoisotopic (exact) mass is 321 g/mol. The van der Waals surface area contributed by atoms with Gasteiger partial charge in [0.25, 0.3) is 5.91 Å². The number of nitrogens with one attached hydrogen (secondary N) is 1. The van der Waals surface area contributed by atoms with E-state index in [1.807, 2.05) is 17.7 Å². The van der Waals surface area contributed by atoms with Gasteiger partial charge < -0.3 is 10.4 Å². The van der Waals surface area contributed by atoms with Gasteiger partial charge in [-0.1, -0.05) is 19.3 Å². The molecule has 0 aromatic carbocycles. The van der Waals surface area contributed by atoms with Gasteiger partial charge in [-0.05, 0) is 58.9 Å². The van der Waals surface area contributed by atoms with E-state index in [0.717, 1.165) is 18.5 Å². The van der Waals surface area contributed by atoms with Crippen LogP contribution in [0.3, 0.4) is 0 Å². The van der Waals surface area contributed by atoms with Crippen LogP contribution in [0.25, 0.3) is 0 Å². The Morgan fingerprint density at radius 1 is 1.39 bits per heavy atom. The first kappa shape index (κ1) is 18.0. The Balaban J connectivity index is 2.09. The zero-order valence-corrected chi connectivity index (χ0v) is 14.9. The van der Waals surface area contributed by atoms with E-state index >= 15 is 0 Å². The summed E-state index contributed by atoms with van der Waals surface area (Å²) < 4.78 is 1.89. The maximum atomic E-state index is 12.6. The predicted molar refractivity (Wildman–Crippen MR) is 91.5 cm³/mol. The Hall–Kier alpha value is -1.36. The Labute approximate surface area is 139 Å². The fourth-order valence-electron chi connectivity index (χ4n) is 3.61. The van der Waals surface area contributed by atoms with E-state index < -0.39 is 0 Å². The van der Waals surface area contributed by atoms with Crippen LogP contribution in [-0.2, 0) is 5.54 Å². The zero-order valence-electron chi connectivity index (χ0n) is 14.9. The lowest BCUT2D eigenvalue weighted by Crippen LogP contribution is -2.42. The molecule has 23 heavy (non-hydrogen) atoms. The van der Waals surface area contributed by atoms with Crippen LogP contribution in [-0.4, -0.2) is 33.4 Å². The van der Waals surface area contributed by atoms with Crippen LogP contribution < -0.4 is 5.32 Å². The van der Waals surface area contributed by atoms with Crippen molar-refractivity contribution in [1.29, 1.82) is 0 Å². The minimum atomic E-state index is -0.142. The summed E-state index contributed by atoms with van der Waals surface area (Å²) in [5, 5.41) is 16.9. The molecule has 1 fully saturated rings. The molecule has 1 aliphatic rings. The second kappa shape index (κ2) is 7.47. The van der Waals surface area contributed by atoms with Gasteiger partial charge in [0.15, 0.2) is 0 Å². The third-order valence-corrected chi connectivity index (χ3v) is 4.73. The van der Waals surface area contributed by atoms with E-state index in [-0.39, 0.29) is 24.1 Å². The van der Waals surface area contributed by atoms with Gasteiger partial charge in [0.05, 0.1) is 5.54 Å². The summed E-state index contributed by atoms with van der Waals surface area (Å²) in [4.78, 5) is 12.6. The van der Waals surface area contributed by atoms with Gasteiger partial charge in [0.2, 0.25) is 0 Å². The molecule has 1 atom stereocenters. The highest BCUT2D eigenvalue weighted by atomic mass is 16.3. The van der Waals surface area contributed by atoms with Crippen molar-refractivity contribution in [2.45, 2.75) is 77.8 Å². The fraction of sp³-hybridized carbons (Fsp3) is 0.778. The van der Waals surface area contributed by atoms with E-state index in [9.17, 15) is 9.90 Å². The molecule has 1 unspecified atom stereocenters. The van der Waals surface area contributed by atoms with E-state index in [1.54, 1.807) is 0 Å². The van der Waals surface area contributed by atoms with Crippen LogP contribution in [0.15, 0.2) is 6.07 Å². The molecule has 5 heteroatoms. The first-order chi connectivity index (χ1) is 10.8. The van der Waals surface area contributed by atoms with Crippen molar-refractivity contribution in [3.05, 3.63) is 17.5 Å². The topological polar surface area (TPSA) is 67.2 Å². The van der Waals surface area contributed by atoms with Crippen molar-refractivity contribution in [3.8, 4) is 0 Å². The van der Waals surface area contributed by atoms with Crippen molar-refractivity contribution in [1.82, 2.24) is 15.1 Å². The van der Waals surface area contributed by atoms with Crippen molar-refractivity contribution in [3.63, 3.8) is 0 Å². The third-order valence-electron chi connectivity index (χ3n) is 4.73. The smallest absolute Gasteiger partial charge is 0.272 e. The number of aliphatic hydroxyl groups excluding tert-OH is 1. The molecule has 0 radical (unpaired) electrons. The van der Waals surface area contributed by atoms with E-state index in [2.05, 4.69) is 31.2 Å². The molecule has 1 aliphatic carbocycles. The number of nitrogens with zero attached hydrogens (tertiary/aromatic N) is 2. The minimum absolute atomic E-state index is 0.0490. The first-order valence-corrected chi connectivity index (χ1v) is 8.82. The number of hydrogen-bond donors (Lipinski definition) is 2. The number of hydrogen-bond acceptors (Lipinski definition) is 3. The Bertz CT molecular complexity index is 525. The van der Waals surface area contributed by atoms with Crippen LogP contribution in [0.5, 0.6) is 0 Å². The van der Waals surface area contributed by atoms with Gasteiger partial charge in [0.1, 0.15) is 5.69 Å². The van der Waals surface area contributed by atoms with Crippen LogP contribution >= 0.6 is 0 Å². The lowest BCUT2D eigenvalue weighted by Gasteiger charge is -2.30. The van der Waals surface area contributed by atoms with Crippen molar-refractivity contribution in [2.24, 2.45) is 5.92 Å². The molecule has 1 saturated carbocycles. The van der Waals surface area contributed by atoms with Crippen LogP contribution in [0.4, 0.5) is 0 Å².